The maximum Gasteiger partial charge on any atom is 0.319 e. The van der Waals surface area contributed by atoms with Crippen molar-refractivity contribution in [2.75, 3.05) is 18.5 Å². The normalized spacial score (nSPS) is 9.28. The highest BCUT2D eigenvalue weighted by Crippen LogP contribution is 2.16. The summed E-state index contributed by atoms with van der Waals surface area (Å²) in [5.74, 6) is 5.78. The summed E-state index contributed by atoms with van der Waals surface area (Å²) < 4.78 is 0. The van der Waals surface area contributed by atoms with Crippen LogP contribution in [0.15, 0.2) is 18.2 Å². The summed E-state index contributed by atoms with van der Waals surface area (Å²) in [4.78, 5) is 11.5. The van der Waals surface area contributed by atoms with Crippen LogP contribution in [0.2, 0.25) is 0 Å². The number of amides is 2. The number of hydrogen-bond acceptors (Lipinski definition) is 2. The van der Waals surface area contributed by atoms with E-state index >= 15 is 0 Å². The van der Waals surface area contributed by atoms with Gasteiger partial charge < -0.3 is 15.7 Å². The van der Waals surface area contributed by atoms with E-state index in [0.29, 0.717) is 18.7 Å². The minimum atomic E-state index is -0.242. The quantitative estimate of drug-likeness (QED) is 0.713. The zero-order valence-corrected chi connectivity index (χ0v) is 10.7. The Morgan fingerprint density at radius 3 is 2.89 bits per heavy atom. The summed E-state index contributed by atoms with van der Waals surface area (Å²) in [6.07, 6.45) is 0.425. The van der Waals surface area contributed by atoms with Crippen LogP contribution in [0.1, 0.15) is 24.5 Å². The van der Waals surface area contributed by atoms with Crippen molar-refractivity contribution in [3.63, 3.8) is 0 Å². The molecule has 2 amide bonds. The molecule has 18 heavy (non-hydrogen) atoms. The Balaban J connectivity index is 2.90. The van der Waals surface area contributed by atoms with E-state index in [9.17, 15) is 4.79 Å². The molecule has 0 fully saturated rings. The second-order valence-corrected chi connectivity index (χ2v) is 3.81. The second kappa shape index (κ2) is 7.36. The molecule has 0 saturated carbocycles. The van der Waals surface area contributed by atoms with E-state index in [1.54, 1.807) is 0 Å². The standard InChI is InChI=1S/C14H18N2O2/c1-3-15-14(18)16-13-10-11(2)7-8-12(13)6-4-5-9-17/h7-8,10,17H,3,5,9H2,1-2H3,(H2,15,16,18). The first-order valence-corrected chi connectivity index (χ1v) is 5.92. The SMILES string of the molecule is CCNC(=O)Nc1cc(C)ccc1C#CCCO. The van der Waals surface area contributed by atoms with Crippen molar-refractivity contribution in [2.24, 2.45) is 0 Å². The fraction of sp³-hybridized carbons (Fsp3) is 0.357. The Labute approximate surface area is 107 Å². The largest absolute Gasteiger partial charge is 0.395 e. The summed E-state index contributed by atoms with van der Waals surface area (Å²) >= 11 is 0. The fourth-order valence-electron chi connectivity index (χ4n) is 1.41. The molecule has 0 heterocycles. The monoisotopic (exact) mass is 246 g/mol. The summed E-state index contributed by atoms with van der Waals surface area (Å²) in [7, 11) is 0. The number of hydrogen-bond donors (Lipinski definition) is 3. The average Bonchev–Trinajstić information content (AvgIpc) is 2.32. The molecule has 0 bridgehead atoms. The minimum absolute atomic E-state index is 0.0396. The maximum atomic E-state index is 11.5. The zero-order chi connectivity index (χ0) is 13.4. The molecule has 1 aromatic rings. The van der Waals surface area contributed by atoms with Gasteiger partial charge in [0.25, 0.3) is 0 Å². The maximum absolute atomic E-state index is 11.5. The lowest BCUT2D eigenvalue weighted by atomic mass is 10.1. The van der Waals surface area contributed by atoms with E-state index in [1.165, 1.54) is 0 Å². The number of carbonyl (C=O) groups is 1. The molecule has 96 valence electrons. The molecule has 0 saturated heterocycles. The van der Waals surface area contributed by atoms with E-state index in [4.69, 9.17) is 5.11 Å². The second-order valence-electron chi connectivity index (χ2n) is 3.81. The van der Waals surface area contributed by atoms with Crippen LogP contribution in [-0.4, -0.2) is 24.3 Å². The number of nitrogens with one attached hydrogen (secondary N) is 2. The van der Waals surface area contributed by atoms with Crippen molar-refractivity contribution in [2.45, 2.75) is 20.3 Å². The number of anilines is 1. The zero-order valence-electron chi connectivity index (χ0n) is 10.7. The molecule has 0 aliphatic heterocycles. The number of benzene rings is 1. The van der Waals surface area contributed by atoms with E-state index in [1.807, 2.05) is 32.0 Å². The van der Waals surface area contributed by atoms with Crippen molar-refractivity contribution in [1.82, 2.24) is 5.32 Å². The topological polar surface area (TPSA) is 61.4 Å². The van der Waals surface area contributed by atoms with Crippen LogP contribution in [0.4, 0.5) is 10.5 Å². The summed E-state index contributed by atoms with van der Waals surface area (Å²) in [6.45, 7) is 4.42. The minimum Gasteiger partial charge on any atom is -0.395 e. The Hall–Kier alpha value is -1.99. The van der Waals surface area contributed by atoms with Gasteiger partial charge in [-0.3, -0.25) is 0 Å². The highest BCUT2D eigenvalue weighted by Gasteiger charge is 2.04. The Bertz CT molecular complexity index is 472. The number of aliphatic hydroxyl groups is 1. The third kappa shape index (κ3) is 4.48. The first-order valence-electron chi connectivity index (χ1n) is 5.92. The molecule has 1 aromatic carbocycles. The molecule has 0 atom stereocenters. The van der Waals surface area contributed by atoms with Gasteiger partial charge in [-0.1, -0.05) is 17.9 Å². The number of urea groups is 1. The number of carbonyl (C=O) groups excluding carboxylic acids is 1. The van der Waals surface area contributed by atoms with Gasteiger partial charge in [0.15, 0.2) is 0 Å². The van der Waals surface area contributed by atoms with Gasteiger partial charge in [0.1, 0.15) is 0 Å². The molecule has 0 radical (unpaired) electrons. The van der Waals surface area contributed by atoms with Gasteiger partial charge in [-0.15, -0.1) is 0 Å². The van der Waals surface area contributed by atoms with Crippen LogP contribution < -0.4 is 10.6 Å². The summed E-state index contributed by atoms with van der Waals surface area (Å²) in [6, 6.07) is 5.43. The van der Waals surface area contributed by atoms with Crippen molar-refractivity contribution in [3.05, 3.63) is 29.3 Å². The number of aliphatic hydroxyl groups excluding tert-OH is 1. The van der Waals surface area contributed by atoms with E-state index < -0.39 is 0 Å². The highest BCUT2D eigenvalue weighted by atomic mass is 16.2. The van der Waals surface area contributed by atoms with Gasteiger partial charge in [0.2, 0.25) is 0 Å². The number of aryl methyl sites for hydroxylation is 1. The predicted molar refractivity (Wildman–Crippen MR) is 72.5 cm³/mol. The van der Waals surface area contributed by atoms with Gasteiger partial charge in [-0.25, -0.2) is 4.79 Å². The summed E-state index contributed by atoms with van der Waals surface area (Å²) in [5, 5.41) is 14.1. The first-order chi connectivity index (χ1) is 8.67. The smallest absolute Gasteiger partial charge is 0.319 e. The van der Waals surface area contributed by atoms with Crippen LogP contribution in [0.3, 0.4) is 0 Å². The van der Waals surface area contributed by atoms with E-state index in [-0.39, 0.29) is 12.6 Å². The van der Waals surface area contributed by atoms with Crippen molar-refractivity contribution in [1.29, 1.82) is 0 Å². The Morgan fingerprint density at radius 2 is 2.22 bits per heavy atom. The first kappa shape index (κ1) is 14.1. The van der Waals surface area contributed by atoms with Gasteiger partial charge >= 0.3 is 6.03 Å². The van der Waals surface area contributed by atoms with Crippen LogP contribution in [-0.2, 0) is 0 Å². The van der Waals surface area contributed by atoms with Crippen molar-refractivity contribution >= 4 is 11.7 Å². The lowest BCUT2D eigenvalue weighted by Crippen LogP contribution is -2.28. The highest BCUT2D eigenvalue weighted by molar-refractivity contribution is 5.90. The van der Waals surface area contributed by atoms with E-state index in [2.05, 4.69) is 22.5 Å². The van der Waals surface area contributed by atoms with Crippen LogP contribution >= 0.6 is 0 Å². The van der Waals surface area contributed by atoms with Crippen molar-refractivity contribution in [3.8, 4) is 11.8 Å². The Kier molecular flexibility index (Phi) is 5.75. The molecule has 0 aliphatic carbocycles. The lowest BCUT2D eigenvalue weighted by Gasteiger charge is -2.09. The van der Waals surface area contributed by atoms with Crippen LogP contribution in [0, 0.1) is 18.8 Å². The molecule has 0 spiro atoms. The Morgan fingerprint density at radius 1 is 1.44 bits per heavy atom. The van der Waals surface area contributed by atoms with E-state index in [0.717, 1.165) is 11.1 Å². The third-order valence-electron chi connectivity index (χ3n) is 2.22. The molecule has 0 aliphatic rings. The van der Waals surface area contributed by atoms with Crippen LogP contribution in [0.5, 0.6) is 0 Å². The average molecular weight is 246 g/mol. The van der Waals surface area contributed by atoms with Crippen molar-refractivity contribution < 1.29 is 9.90 Å². The molecule has 4 nitrogen and oxygen atoms in total. The van der Waals surface area contributed by atoms with Gasteiger partial charge in [0.05, 0.1) is 12.3 Å². The molecular formula is C14H18N2O2. The lowest BCUT2D eigenvalue weighted by molar-refractivity contribution is 0.252. The predicted octanol–water partition coefficient (Wildman–Crippen LogP) is 1.87. The third-order valence-corrected chi connectivity index (χ3v) is 2.22. The fourth-order valence-corrected chi connectivity index (χ4v) is 1.41. The molecule has 0 unspecified atom stereocenters. The molecule has 4 heteroatoms. The molecule has 0 aromatic heterocycles. The van der Waals surface area contributed by atoms with Gasteiger partial charge in [-0.05, 0) is 31.5 Å². The van der Waals surface area contributed by atoms with Crippen LogP contribution in [0.25, 0.3) is 0 Å². The molecular weight excluding hydrogens is 228 g/mol. The molecule has 1 rings (SSSR count). The van der Waals surface area contributed by atoms with Gasteiger partial charge in [-0.2, -0.15) is 0 Å². The summed E-state index contributed by atoms with van der Waals surface area (Å²) in [5.41, 5.74) is 2.49. The van der Waals surface area contributed by atoms with Gasteiger partial charge in [0, 0.05) is 18.5 Å². The molecule has 3 N–H and O–H groups in total. The number of rotatable bonds is 3.